The molecule has 0 aliphatic heterocycles. The molecule has 0 fully saturated rings. The van der Waals surface area contributed by atoms with Crippen molar-refractivity contribution in [2.75, 3.05) is 0 Å². The number of hydrogen-bond acceptors (Lipinski definition) is 3. The van der Waals surface area contributed by atoms with E-state index in [1.165, 1.54) is 35.1 Å². The number of hydrogen-bond donors (Lipinski definition) is 1. The Balaban J connectivity index is 2.33. The van der Waals surface area contributed by atoms with Crippen LogP contribution in [0.2, 0.25) is 0 Å². The van der Waals surface area contributed by atoms with Crippen LogP contribution >= 0.6 is 23.6 Å². The molecule has 0 radical (unpaired) electrons. The second-order valence-corrected chi connectivity index (χ2v) is 6.18. The Hall–Kier alpha value is -0.740. The van der Waals surface area contributed by atoms with E-state index in [2.05, 4.69) is 16.9 Å². The van der Waals surface area contributed by atoms with Crippen molar-refractivity contribution in [1.29, 1.82) is 0 Å². The Kier molecular flexibility index (Phi) is 2.37. The van der Waals surface area contributed by atoms with Crippen LogP contribution in [0, 0.1) is 17.5 Å². The Morgan fingerprint density at radius 1 is 1.50 bits per heavy atom. The van der Waals surface area contributed by atoms with Crippen molar-refractivity contribution in [2.24, 2.45) is 5.92 Å². The fourth-order valence-electron chi connectivity index (χ4n) is 2.46. The minimum absolute atomic E-state index is 0.805. The van der Waals surface area contributed by atoms with Crippen LogP contribution < -0.4 is 0 Å². The van der Waals surface area contributed by atoms with Gasteiger partial charge in [0.15, 0.2) is 0 Å². The first-order chi connectivity index (χ1) is 7.65. The summed E-state index contributed by atoms with van der Waals surface area (Å²) in [6, 6.07) is 0. The summed E-state index contributed by atoms with van der Waals surface area (Å²) in [6.07, 6.45) is 3.64. The van der Waals surface area contributed by atoms with Gasteiger partial charge in [-0.1, -0.05) is 19.1 Å². The van der Waals surface area contributed by atoms with Crippen LogP contribution in [-0.4, -0.2) is 9.97 Å². The van der Waals surface area contributed by atoms with E-state index in [0.717, 1.165) is 21.2 Å². The zero-order valence-electron chi connectivity index (χ0n) is 9.46. The lowest BCUT2D eigenvalue weighted by Gasteiger charge is -2.17. The number of aromatic nitrogens is 2. The molecule has 0 unspecified atom stereocenters. The predicted octanol–water partition coefficient (Wildman–Crippen LogP) is 3.79. The average molecular weight is 250 g/mol. The van der Waals surface area contributed by atoms with Crippen LogP contribution in [0.1, 0.15) is 29.6 Å². The third-order valence-electron chi connectivity index (χ3n) is 3.28. The molecular formula is C12H14N2S2. The van der Waals surface area contributed by atoms with Crippen molar-refractivity contribution < 1.29 is 0 Å². The molecule has 1 N–H and O–H groups in total. The van der Waals surface area contributed by atoms with Crippen molar-refractivity contribution in [3.05, 3.63) is 20.9 Å². The average Bonchev–Trinajstić information content (AvgIpc) is 2.54. The molecule has 0 aromatic carbocycles. The van der Waals surface area contributed by atoms with E-state index in [-0.39, 0.29) is 0 Å². The fraction of sp³-hybridized carbons (Fsp3) is 0.500. The largest absolute Gasteiger partial charge is 0.334 e. The van der Waals surface area contributed by atoms with Gasteiger partial charge in [0.05, 0.1) is 0 Å². The van der Waals surface area contributed by atoms with Crippen LogP contribution in [0.25, 0.3) is 10.2 Å². The predicted molar refractivity (Wildman–Crippen MR) is 70.7 cm³/mol. The zero-order chi connectivity index (χ0) is 11.3. The quantitative estimate of drug-likeness (QED) is 0.721. The summed E-state index contributed by atoms with van der Waals surface area (Å²) in [7, 11) is 0. The first-order valence-electron chi connectivity index (χ1n) is 5.66. The molecule has 1 aliphatic carbocycles. The van der Waals surface area contributed by atoms with E-state index < -0.39 is 0 Å². The molecule has 84 valence electrons. The van der Waals surface area contributed by atoms with E-state index in [1.54, 1.807) is 0 Å². The van der Waals surface area contributed by atoms with Crippen LogP contribution in [0.4, 0.5) is 0 Å². The summed E-state index contributed by atoms with van der Waals surface area (Å²) in [5.74, 6) is 1.73. The molecule has 0 spiro atoms. The van der Waals surface area contributed by atoms with Gasteiger partial charge >= 0.3 is 0 Å². The molecule has 0 saturated heterocycles. The Morgan fingerprint density at radius 3 is 3.12 bits per heavy atom. The van der Waals surface area contributed by atoms with Gasteiger partial charge in [-0.3, -0.25) is 0 Å². The summed E-state index contributed by atoms with van der Waals surface area (Å²) < 4.78 is 0.870. The molecule has 2 aromatic rings. The van der Waals surface area contributed by atoms with Gasteiger partial charge in [0.1, 0.15) is 15.3 Å². The monoisotopic (exact) mass is 250 g/mol. The maximum absolute atomic E-state index is 5.42. The molecule has 0 bridgehead atoms. The normalized spacial score (nSPS) is 20.0. The van der Waals surface area contributed by atoms with E-state index in [4.69, 9.17) is 12.2 Å². The highest BCUT2D eigenvalue weighted by Crippen LogP contribution is 2.37. The van der Waals surface area contributed by atoms with Crippen LogP contribution in [0.15, 0.2) is 0 Å². The highest BCUT2D eigenvalue weighted by molar-refractivity contribution is 7.71. The minimum atomic E-state index is 0.805. The van der Waals surface area contributed by atoms with E-state index >= 15 is 0 Å². The molecule has 2 aromatic heterocycles. The zero-order valence-corrected chi connectivity index (χ0v) is 11.1. The van der Waals surface area contributed by atoms with Crippen LogP contribution in [-0.2, 0) is 12.8 Å². The molecule has 1 atom stereocenters. The van der Waals surface area contributed by atoms with E-state index in [1.807, 2.05) is 18.3 Å². The van der Waals surface area contributed by atoms with Crippen molar-refractivity contribution in [2.45, 2.75) is 33.1 Å². The number of rotatable bonds is 0. The molecule has 16 heavy (non-hydrogen) atoms. The number of H-pyrrole nitrogens is 1. The van der Waals surface area contributed by atoms with Crippen molar-refractivity contribution in [3.8, 4) is 0 Å². The molecule has 3 rings (SSSR count). The number of aryl methyl sites for hydroxylation is 2. The topological polar surface area (TPSA) is 28.7 Å². The van der Waals surface area contributed by atoms with Crippen molar-refractivity contribution in [1.82, 2.24) is 9.97 Å². The van der Waals surface area contributed by atoms with Crippen molar-refractivity contribution in [3.63, 3.8) is 0 Å². The molecule has 1 aliphatic rings. The number of fused-ring (bicyclic) bond motifs is 3. The van der Waals surface area contributed by atoms with E-state index in [9.17, 15) is 0 Å². The van der Waals surface area contributed by atoms with Gasteiger partial charge in [0.25, 0.3) is 0 Å². The molecule has 0 saturated carbocycles. The first kappa shape index (κ1) is 10.4. The Labute approximate surface area is 104 Å². The first-order valence-corrected chi connectivity index (χ1v) is 6.89. The molecular weight excluding hydrogens is 236 g/mol. The highest BCUT2D eigenvalue weighted by Gasteiger charge is 2.21. The Morgan fingerprint density at radius 2 is 2.31 bits per heavy atom. The maximum Gasteiger partial charge on any atom is 0.128 e. The second-order valence-electron chi connectivity index (χ2n) is 4.68. The van der Waals surface area contributed by atoms with Crippen LogP contribution in [0.5, 0.6) is 0 Å². The van der Waals surface area contributed by atoms with Crippen molar-refractivity contribution >= 4 is 33.8 Å². The summed E-state index contributed by atoms with van der Waals surface area (Å²) in [5.41, 5.74) is 1.46. The molecule has 0 amide bonds. The van der Waals surface area contributed by atoms with Gasteiger partial charge in [0, 0.05) is 10.3 Å². The summed E-state index contributed by atoms with van der Waals surface area (Å²) in [4.78, 5) is 10.4. The SMILES string of the molecule is Cc1nc2sc3c(c2c(=S)[nH]1)CC[C@H](C)C3. The third kappa shape index (κ3) is 1.52. The Bertz CT molecular complexity index is 609. The maximum atomic E-state index is 5.42. The lowest BCUT2D eigenvalue weighted by molar-refractivity contribution is 0.509. The summed E-state index contributed by atoms with van der Waals surface area (Å²) >= 11 is 7.25. The minimum Gasteiger partial charge on any atom is -0.334 e. The van der Waals surface area contributed by atoms with Gasteiger partial charge in [-0.2, -0.15) is 0 Å². The lowest BCUT2D eigenvalue weighted by atomic mass is 9.89. The molecule has 4 heteroatoms. The number of nitrogens with one attached hydrogen (secondary N) is 1. The van der Waals surface area contributed by atoms with Gasteiger partial charge in [-0.25, -0.2) is 4.98 Å². The van der Waals surface area contributed by atoms with Gasteiger partial charge in [-0.05, 0) is 37.7 Å². The van der Waals surface area contributed by atoms with Gasteiger partial charge in [0.2, 0.25) is 0 Å². The summed E-state index contributed by atoms with van der Waals surface area (Å²) in [5, 5.41) is 1.22. The number of nitrogens with zero attached hydrogens (tertiary/aromatic N) is 1. The fourth-order valence-corrected chi connectivity index (χ4v) is 4.33. The lowest BCUT2D eigenvalue weighted by Crippen LogP contribution is -2.08. The highest BCUT2D eigenvalue weighted by atomic mass is 32.1. The number of thiophene rings is 1. The second kappa shape index (κ2) is 3.64. The van der Waals surface area contributed by atoms with E-state index in [0.29, 0.717) is 0 Å². The molecule has 2 heterocycles. The van der Waals surface area contributed by atoms with Crippen LogP contribution in [0.3, 0.4) is 0 Å². The number of aromatic amines is 1. The van der Waals surface area contributed by atoms with Gasteiger partial charge in [-0.15, -0.1) is 11.3 Å². The molecule has 2 nitrogen and oxygen atoms in total. The smallest absolute Gasteiger partial charge is 0.128 e. The summed E-state index contributed by atoms with van der Waals surface area (Å²) in [6.45, 7) is 4.29. The standard InChI is InChI=1S/C12H14N2S2/c1-6-3-4-8-9(5-6)16-12-10(8)11(15)13-7(2)14-12/h6H,3-5H2,1-2H3,(H,13,14,15)/t6-/m0/s1. The third-order valence-corrected chi connectivity index (χ3v) is 4.74. The van der Waals surface area contributed by atoms with Gasteiger partial charge < -0.3 is 4.98 Å².